The van der Waals surface area contributed by atoms with Crippen LogP contribution in [0.3, 0.4) is 0 Å². The summed E-state index contributed by atoms with van der Waals surface area (Å²) in [6.45, 7) is 8.48. The first kappa shape index (κ1) is 15.5. The molecule has 0 aromatic rings. The van der Waals surface area contributed by atoms with Crippen LogP contribution in [0.5, 0.6) is 0 Å². The summed E-state index contributed by atoms with van der Waals surface area (Å²) in [6.07, 6.45) is 4.52. The van der Waals surface area contributed by atoms with Crippen molar-refractivity contribution >= 4 is 5.97 Å². The fourth-order valence-corrected chi connectivity index (χ4v) is 3.27. The van der Waals surface area contributed by atoms with E-state index in [9.17, 15) is 9.90 Å². The van der Waals surface area contributed by atoms with Crippen LogP contribution in [0.15, 0.2) is 0 Å². The zero-order chi connectivity index (χ0) is 13.8. The summed E-state index contributed by atoms with van der Waals surface area (Å²) in [7, 11) is 0. The first-order chi connectivity index (χ1) is 8.45. The van der Waals surface area contributed by atoms with Gasteiger partial charge in [0.25, 0.3) is 0 Å². The SMILES string of the molecule is CCCC(O)(C(=O)OCC)C1CC(C)CCC1C. The summed E-state index contributed by atoms with van der Waals surface area (Å²) in [5, 5.41) is 10.8. The second-order valence-electron chi connectivity index (χ2n) is 5.90. The molecule has 1 rings (SSSR count). The van der Waals surface area contributed by atoms with Gasteiger partial charge in [0, 0.05) is 5.92 Å². The molecule has 3 heteroatoms. The van der Waals surface area contributed by atoms with Gasteiger partial charge in [0.05, 0.1) is 6.61 Å². The minimum atomic E-state index is -1.28. The van der Waals surface area contributed by atoms with Gasteiger partial charge in [-0.05, 0) is 31.6 Å². The van der Waals surface area contributed by atoms with E-state index in [-0.39, 0.29) is 5.92 Å². The predicted octanol–water partition coefficient (Wildman–Crippen LogP) is 3.15. The van der Waals surface area contributed by atoms with Gasteiger partial charge in [-0.15, -0.1) is 0 Å². The van der Waals surface area contributed by atoms with E-state index in [0.29, 0.717) is 24.9 Å². The minimum absolute atomic E-state index is 0.0419. The lowest BCUT2D eigenvalue weighted by molar-refractivity contribution is -0.178. The molecular weight excluding hydrogens is 228 g/mol. The Morgan fingerprint density at radius 3 is 2.56 bits per heavy atom. The van der Waals surface area contributed by atoms with Crippen molar-refractivity contribution in [3.8, 4) is 0 Å². The van der Waals surface area contributed by atoms with Gasteiger partial charge in [-0.2, -0.15) is 0 Å². The van der Waals surface area contributed by atoms with Gasteiger partial charge in [0.1, 0.15) is 0 Å². The number of carbonyl (C=O) groups excluding carboxylic acids is 1. The van der Waals surface area contributed by atoms with Crippen LogP contribution >= 0.6 is 0 Å². The molecule has 4 atom stereocenters. The zero-order valence-electron chi connectivity index (χ0n) is 12.2. The Morgan fingerprint density at radius 2 is 2.00 bits per heavy atom. The third kappa shape index (κ3) is 3.25. The van der Waals surface area contributed by atoms with Gasteiger partial charge in [-0.1, -0.05) is 40.0 Å². The number of esters is 1. The van der Waals surface area contributed by atoms with Crippen LogP contribution in [0, 0.1) is 17.8 Å². The summed E-state index contributed by atoms with van der Waals surface area (Å²) in [5.41, 5.74) is -1.28. The molecule has 4 unspecified atom stereocenters. The standard InChI is InChI=1S/C15H28O3/c1-5-9-15(17,14(16)18-6-2)13-10-11(3)7-8-12(13)4/h11-13,17H,5-10H2,1-4H3. The lowest BCUT2D eigenvalue weighted by atomic mass is 9.66. The highest BCUT2D eigenvalue weighted by Crippen LogP contribution is 2.42. The van der Waals surface area contributed by atoms with E-state index in [1.54, 1.807) is 6.92 Å². The second-order valence-corrected chi connectivity index (χ2v) is 5.90. The van der Waals surface area contributed by atoms with Crippen molar-refractivity contribution in [1.29, 1.82) is 0 Å². The Morgan fingerprint density at radius 1 is 1.33 bits per heavy atom. The molecule has 0 aromatic carbocycles. The van der Waals surface area contributed by atoms with Crippen LogP contribution in [0.2, 0.25) is 0 Å². The minimum Gasteiger partial charge on any atom is -0.464 e. The van der Waals surface area contributed by atoms with E-state index in [2.05, 4.69) is 13.8 Å². The van der Waals surface area contributed by atoms with Crippen molar-refractivity contribution in [3.63, 3.8) is 0 Å². The van der Waals surface area contributed by atoms with Crippen molar-refractivity contribution in [2.24, 2.45) is 17.8 Å². The predicted molar refractivity (Wildman–Crippen MR) is 72.2 cm³/mol. The van der Waals surface area contributed by atoms with Crippen LogP contribution in [-0.2, 0) is 9.53 Å². The van der Waals surface area contributed by atoms with Gasteiger partial charge in [-0.3, -0.25) is 0 Å². The fourth-order valence-electron chi connectivity index (χ4n) is 3.27. The Labute approximate surface area is 111 Å². The molecule has 0 saturated heterocycles. The molecule has 0 bridgehead atoms. The summed E-state index contributed by atoms with van der Waals surface area (Å²) in [5.74, 6) is 0.601. The topological polar surface area (TPSA) is 46.5 Å². The third-order valence-electron chi connectivity index (χ3n) is 4.33. The fraction of sp³-hybridized carbons (Fsp3) is 0.933. The number of aliphatic hydroxyl groups is 1. The molecule has 106 valence electrons. The zero-order valence-corrected chi connectivity index (χ0v) is 12.2. The first-order valence-electron chi connectivity index (χ1n) is 7.35. The molecule has 0 aliphatic heterocycles. The van der Waals surface area contributed by atoms with Crippen LogP contribution in [0.25, 0.3) is 0 Å². The Bertz CT molecular complexity index is 277. The molecule has 1 aliphatic carbocycles. The second kappa shape index (κ2) is 6.55. The molecule has 0 amide bonds. The van der Waals surface area contributed by atoms with Gasteiger partial charge in [-0.25, -0.2) is 4.79 Å². The molecule has 0 spiro atoms. The van der Waals surface area contributed by atoms with Crippen molar-refractivity contribution in [2.45, 2.75) is 65.4 Å². The number of carbonyl (C=O) groups is 1. The van der Waals surface area contributed by atoms with Gasteiger partial charge < -0.3 is 9.84 Å². The molecule has 0 aromatic heterocycles. The van der Waals surface area contributed by atoms with Crippen molar-refractivity contribution in [3.05, 3.63) is 0 Å². The molecule has 1 saturated carbocycles. The van der Waals surface area contributed by atoms with E-state index >= 15 is 0 Å². The van der Waals surface area contributed by atoms with E-state index in [1.807, 2.05) is 6.92 Å². The summed E-state index contributed by atoms with van der Waals surface area (Å²) in [6, 6.07) is 0. The molecule has 18 heavy (non-hydrogen) atoms. The normalized spacial score (nSPS) is 31.7. The number of hydrogen-bond donors (Lipinski definition) is 1. The Kier molecular flexibility index (Phi) is 5.64. The lowest BCUT2D eigenvalue weighted by Gasteiger charge is -2.42. The van der Waals surface area contributed by atoms with Crippen LogP contribution in [0.4, 0.5) is 0 Å². The first-order valence-corrected chi connectivity index (χ1v) is 7.35. The van der Waals surface area contributed by atoms with Gasteiger partial charge in [0.2, 0.25) is 0 Å². The van der Waals surface area contributed by atoms with E-state index < -0.39 is 11.6 Å². The summed E-state index contributed by atoms with van der Waals surface area (Å²) >= 11 is 0. The van der Waals surface area contributed by atoms with E-state index in [1.165, 1.54) is 6.42 Å². The molecular formula is C15H28O3. The number of hydrogen-bond acceptors (Lipinski definition) is 3. The molecule has 1 fully saturated rings. The number of ether oxygens (including phenoxy) is 1. The smallest absolute Gasteiger partial charge is 0.338 e. The molecule has 3 nitrogen and oxygen atoms in total. The number of rotatable bonds is 5. The molecule has 0 heterocycles. The maximum Gasteiger partial charge on any atom is 0.338 e. The summed E-state index contributed by atoms with van der Waals surface area (Å²) < 4.78 is 5.11. The molecule has 1 aliphatic rings. The Hall–Kier alpha value is -0.570. The van der Waals surface area contributed by atoms with Gasteiger partial charge in [0.15, 0.2) is 5.60 Å². The van der Waals surface area contributed by atoms with Gasteiger partial charge >= 0.3 is 5.97 Å². The van der Waals surface area contributed by atoms with Crippen molar-refractivity contribution < 1.29 is 14.6 Å². The summed E-state index contributed by atoms with van der Waals surface area (Å²) in [4.78, 5) is 12.1. The highest BCUT2D eigenvalue weighted by molar-refractivity contribution is 5.79. The van der Waals surface area contributed by atoms with Crippen LogP contribution in [-0.4, -0.2) is 23.3 Å². The Balaban J connectivity index is 2.90. The average Bonchev–Trinajstić information content (AvgIpc) is 2.32. The lowest BCUT2D eigenvalue weighted by Crippen LogP contribution is -2.51. The van der Waals surface area contributed by atoms with Crippen LogP contribution < -0.4 is 0 Å². The van der Waals surface area contributed by atoms with Crippen molar-refractivity contribution in [2.75, 3.05) is 6.61 Å². The maximum absolute atomic E-state index is 12.1. The van der Waals surface area contributed by atoms with Crippen LogP contribution in [0.1, 0.15) is 59.8 Å². The van der Waals surface area contributed by atoms with Crippen molar-refractivity contribution in [1.82, 2.24) is 0 Å². The third-order valence-corrected chi connectivity index (χ3v) is 4.33. The highest BCUT2D eigenvalue weighted by atomic mass is 16.5. The van der Waals surface area contributed by atoms with E-state index in [0.717, 1.165) is 19.3 Å². The quantitative estimate of drug-likeness (QED) is 0.769. The maximum atomic E-state index is 12.1. The highest BCUT2D eigenvalue weighted by Gasteiger charge is 2.48. The van der Waals surface area contributed by atoms with E-state index in [4.69, 9.17) is 4.74 Å². The molecule has 0 radical (unpaired) electrons. The molecule has 1 N–H and O–H groups in total. The average molecular weight is 256 g/mol. The largest absolute Gasteiger partial charge is 0.464 e. The monoisotopic (exact) mass is 256 g/mol.